The number of hydrogen-bond acceptors (Lipinski definition) is 3. The van der Waals surface area contributed by atoms with E-state index in [1.807, 2.05) is 19.1 Å². The molecule has 6 heteroatoms. The van der Waals surface area contributed by atoms with Crippen molar-refractivity contribution >= 4 is 15.7 Å². The first-order valence-electron chi connectivity index (χ1n) is 6.23. The minimum absolute atomic E-state index is 0.0690. The van der Waals surface area contributed by atoms with Crippen LogP contribution in [0.3, 0.4) is 0 Å². The van der Waals surface area contributed by atoms with Crippen LogP contribution in [0.15, 0.2) is 52.3 Å². The van der Waals surface area contributed by atoms with Crippen molar-refractivity contribution in [1.29, 1.82) is 0 Å². The third-order valence-corrected chi connectivity index (χ3v) is 4.85. The minimum atomic E-state index is -3.67. The number of aryl methyl sites for hydroxylation is 1. The fraction of sp³-hybridized carbons (Fsp3) is 0.214. The lowest BCUT2D eigenvalue weighted by atomic mass is 10.2. The molecule has 5 nitrogen and oxygen atoms in total. The van der Waals surface area contributed by atoms with Gasteiger partial charge in [0.15, 0.2) is 0 Å². The summed E-state index contributed by atoms with van der Waals surface area (Å²) in [5, 5.41) is 0. The summed E-state index contributed by atoms with van der Waals surface area (Å²) in [7, 11) is -3.67. The van der Waals surface area contributed by atoms with Crippen LogP contribution in [0.2, 0.25) is 0 Å². The second kappa shape index (κ2) is 5.50. The van der Waals surface area contributed by atoms with Crippen molar-refractivity contribution in [3.8, 4) is 0 Å². The largest absolute Gasteiger partial charge is 0.328 e. The number of hydrogen-bond donors (Lipinski definition) is 1. The Morgan fingerprint density at radius 1 is 1.10 bits per heavy atom. The van der Waals surface area contributed by atoms with Crippen LogP contribution in [0.1, 0.15) is 12.5 Å². The van der Waals surface area contributed by atoms with Crippen molar-refractivity contribution in [3.05, 3.63) is 58.5 Å². The van der Waals surface area contributed by atoms with E-state index in [0.717, 1.165) is 5.56 Å². The van der Waals surface area contributed by atoms with Gasteiger partial charge in [-0.1, -0.05) is 17.7 Å². The van der Waals surface area contributed by atoms with E-state index in [-0.39, 0.29) is 10.5 Å². The van der Waals surface area contributed by atoms with Crippen LogP contribution in [-0.4, -0.2) is 19.9 Å². The molecule has 0 aliphatic rings. The van der Waals surface area contributed by atoms with Crippen LogP contribution >= 0.6 is 0 Å². The monoisotopic (exact) mass is 292 g/mol. The molecule has 20 heavy (non-hydrogen) atoms. The summed E-state index contributed by atoms with van der Waals surface area (Å²) >= 11 is 0. The highest BCUT2D eigenvalue weighted by Gasteiger charge is 2.23. The Bertz CT molecular complexity index is 728. The predicted octanol–water partition coefficient (Wildman–Crippen LogP) is 1.90. The zero-order valence-electron chi connectivity index (χ0n) is 11.3. The van der Waals surface area contributed by atoms with Gasteiger partial charge in [-0.2, -0.15) is 0 Å². The summed E-state index contributed by atoms with van der Waals surface area (Å²) < 4.78 is 26.4. The first kappa shape index (κ1) is 14.3. The Kier molecular flexibility index (Phi) is 3.94. The number of rotatable bonds is 4. The molecule has 1 N–H and O–H groups in total. The topological polar surface area (TPSA) is 70.2 Å². The molecule has 2 aromatic rings. The molecule has 0 saturated carbocycles. The standard InChI is InChI=1S/C14H16N2O3S/c1-3-16(12-6-4-11(2)5-7-12)20(18,19)13-8-9-14(17)15-10-13/h4-10H,3H2,1-2H3,(H,15,17). The van der Waals surface area contributed by atoms with Crippen LogP contribution in [0.4, 0.5) is 5.69 Å². The van der Waals surface area contributed by atoms with Gasteiger partial charge in [0.1, 0.15) is 4.90 Å². The lowest BCUT2D eigenvalue weighted by Crippen LogP contribution is -2.31. The molecule has 0 radical (unpaired) electrons. The molecule has 0 atom stereocenters. The maximum absolute atomic E-state index is 12.6. The van der Waals surface area contributed by atoms with E-state index in [1.54, 1.807) is 19.1 Å². The second-order valence-electron chi connectivity index (χ2n) is 4.39. The number of anilines is 1. The van der Waals surface area contributed by atoms with Crippen LogP contribution < -0.4 is 9.86 Å². The van der Waals surface area contributed by atoms with Gasteiger partial charge in [-0.3, -0.25) is 9.10 Å². The zero-order valence-corrected chi connectivity index (χ0v) is 12.1. The number of aromatic amines is 1. The fourth-order valence-electron chi connectivity index (χ4n) is 1.89. The molecule has 1 aromatic heterocycles. The highest BCUT2D eigenvalue weighted by molar-refractivity contribution is 7.92. The van der Waals surface area contributed by atoms with Gasteiger partial charge in [-0.25, -0.2) is 8.42 Å². The molecular formula is C14H16N2O3S. The van der Waals surface area contributed by atoms with Crippen molar-refractivity contribution in [2.75, 3.05) is 10.8 Å². The van der Waals surface area contributed by atoms with E-state index in [0.29, 0.717) is 12.2 Å². The van der Waals surface area contributed by atoms with Crippen LogP contribution in [0.25, 0.3) is 0 Å². The van der Waals surface area contributed by atoms with Gasteiger partial charge >= 0.3 is 0 Å². The smallest absolute Gasteiger partial charge is 0.265 e. The first-order chi connectivity index (χ1) is 9.45. The summed E-state index contributed by atoms with van der Waals surface area (Å²) in [5.74, 6) is 0. The molecular weight excluding hydrogens is 276 g/mol. The number of H-pyrrole nitrogens is 1. The molecule has 0 unspecified atom stereocenters. The van der Waals surface area contributed by atoms with Gasteiger partial charge < -0.3 is 4.98 Å². The van der Waals surface area contributed by atoms with Crippen molar-refractivity contribution < 1.29 is 8.42 Å². The van der Waals surface area contributed by atoms with Gasteiger partial charge in [-0.05, 0) is 32.0 Å². The molecule has 0 fully saturated rings. The summed E-state index contributed by atoms with van der Waals surface area (Å²) in [4.78, 5) is 13.5. The third kappa shape index (κ3) is 2.75. The lowest BCUT2D eigenvalue weighted by Gasteiger charge is -2.22. The SMILES string of the molecule is CCN(c1ccc(C)cc1)S(=O)(=O)c1ccc(=O)[nH]c1. The highest BCUT2D eigenvalue weighted by atomic mass is 32.2. The molecule has 0 bridgehead atoms. The fourth-order valence-corrected chi connectivity index (χ4v) is 3.33. The Labute approximate surface area is 117 Å². The van der Waals surface area contributed by atoms with Gasteiger partial charge in [0, 0.05) is 18.8 Å². The maximum atomic E-state index is 12.6. The van der Waals surface area contributed by atoms with Crippen LogP contribution in [-0.2, 0) is 10.0 Å². The minimum Gasteiger partial charge on any atom is -0.328 e. The Hall–Kier alpha value is -2.08. The number of pyridine rings is 1. The Balaban J connectivity index is 2.47. The van der Waals surface area contributed by atoms with Gasteiger partial charge in [0.05, 0.1) is 5.69 Å². The normalized spacial score (nSPS) is 11.3. The molecule has 0 aliphatic heterocycles. The number of sulfonamides is 1. The number of nitrogens with one attached hydrogen (secondary N) is 1. The molecule has 0 spiro atoms. The quantitative estimate of drug-likeness (QED) is 0.935. The first-order valence-corrected chi connectivity index (χ1v) is 7.67. The van der Waals surface area contributed by atoms with Crippen molar-refractivity contribution in [1.82, 2.24) is 4.98 Å². The highest BCUT2D eigenvalue weighted by Crippen LogP contribution is 2.22. The summed E-state index contributed by atoms with van der Waals surface area (Å²) in [5.41, 5.74) is 1.33. The Morgan fingerprint density at radius 2 is 1.75 bits per heavy atom. The Morgan fingerprint density at radius 3 is 2.25 bits per heavy atom. The van der Waals surface area contributed by atoms with E-state index in [2.05, 4.69) is 4.98 Å². The van der Waals surface area contributed by atoms with Crippen LogP contribution in [0, 0.1) is 6.92 Å². The lowest BCUT2D eigenvalue weighted by molar-refractivity contribution is 0.591. The van der Waals surface area contributed by atoms with Crippen molar-refractivity contribution in [3.63, 3.8) is 0 Å². The average molecular weight is 292 g/mol. The number of aromatic nitrogens is 1. The maximum Gasteiger partial charge on any atom is 0.265 e. The van der Waals surface area contributed by atoms with Crippen molar-refractivity contribution in [2.45, 2.75) is 18.7 Å². The number of nitrogens with zero attached hydrogens (tertiary/aromatic N) is 1. The zero-order chi connectivity index (χ0) is 14.8. The van der Waals surface area contributed by atoms with Gasteiger partial charge in [0.2, 0.25) is 5.56 Å². The second-order valence-corrected chi connectivity index (χ2v) is 6.26. The molecule has 106 valence electrons. The van der Waals surface area contributed by atoms with E-state index in [4.69, 9.17) is 0 Å². The molecule has 1 aromatic carbocycles. The third-order valence-electron chi connectivity index (χ3n) is 2.95. The summed E-state index contributed by atoms with van der Waals surface area (Å²) in [6, 6.07) is 9.77. The summed E-state index contributed by atoms with van der Waals surface area (Å²) in [6.07, 6.45) is 1.22. The molecule has 2 rings (SSSR count). The van der Waals surface area contributed by atoms with E-state index < -0.39 is 10.0 Å². The molecule has 0 aliphatic carbocycles. The average Bonchev–Trinajstić information content (AvgIpc) is 2.42. The molecule has 0 amide bonds. The molecule has 0 saturated heterocycles. The molecule has 1 heterocycles. The van der Waals surface area contributed by atoms with E-state index in [1.165, 1.54) is 22.6 Å². The predicted molar refractivity (Wildman–Crippen MR) is 78.4 cm³/mol. The van der Waals surface area contributed by atoms with Gasteiger partial charge in [0.25, 0.3) is 10.0 Å². The summed E-state index contributed by atoms with van der Waals surface area (Å²) in [6.45, 7) is 4.02. The van der Waals surface area contributed by atoms with Crippen LogP contribution in [0.5, 0.6) is 0 Å². The van der Waals surface area contributed by atoms with Crippen molar-refractivity contribution in [2.24, 2.45) is 0 Å². The van der Waals surface area contributed by atoms with Gasteiger partial charge in [-0.15, -0.1) is 0 Å². The van der Waals surface area contributed by atoms with E-state index >= 15 is 0 Å². The number of benzene rings is 1. The van der Waals surface area contributed by atoms with E-state index in [9.17, 15) is 13.2 Å².